The van der Waals surface area contributed by atoms with Gasteiger partial charge in [-0.15, -0.1) is 0 Å². The number of aryl methyl sites for hydroxylation is 2. The topological polar surface area (TPSA) is 109 Å². The molecule has 3 amide bonds. The van der Waals surface area contributed by atoms with E-state index in [0.29, 0.717) is 17.9 Å². The van der Waals surface area contributed by atoms with Gasteiger partial charge in [0.25, 0.3) is 5.91 Å². The van der Waals surface area contributed by atoms with Crippen LogP contribution in [0.15, 0.2) is 47.6 Å². The second-order valence-electron chi connectivity index (χ2n) is 7.50. The molecule has 8 nitrogen and oxygen atoms in total. The van der Waals surface area contributed by atoms with Crippen molar-refractivity contribution in [1.82, 2.24) is 10.7 Å². The van der Waals surface area contributed by atoms with Gasteiger partial charge in [-0.25, -0.2) is 5.43 Å². The summed E-state index contributed by atoms with van der Waals surface area (Å²) in [7, 11) is 0. The molecule has 8 heteroatoms. The third-order valence-electron chi connectivity index (χ3n) is 4.19. The van der Waals surface area contributed by atoms with Crippen LogP contribution in [0.3, 0.4) is 0 Å². The number of benzene rings is 2. The van der Waals surface area contributed by atoms with Crippen molar-refractivity contribution in [2.75, 3.05) is 18.5 Å². The van der Waals surface area contributed by atoms with Crippen molar-refractivity contribution < 1.29 is 19.1 Å². The van der Waals surface area contributed by atoms with Gasteiger partial charge in [-0.1, -0.05) is 38.1 Å². The highest BCUT2D eigenvalue weighted by atomic mass is 16.5. The Labute approximate surface area is 182 Å². The van der Waals surface area contributed by atoms with Gasteiger partial charge in [-0.3, -0.25) is 14.4 Å². The van der Waals surface area contributed by atoms with Crippen LogP contribution in [-0.4, -0.2) is 37.1 Å². The lowest BCUT2D eigenvalue weighted by molar-refractivity contribution is -0.139. The SMILES string of the molecule is Cc1ccc(C)c(NC(=O)COc2ccccc2/C=N\NC(=O)C(=O)NCC(C)C)c1. The van der Waals surface area contributed by atoms with Crippen molar-refractivity contribution in [3.05, 3.63) is 59.2 Å². The molecule has 0 radical (unpaired) electrons. The minimum atomic E-state index is -0.858. The van der Waals surface area contributed by atoms with Gasteiger partial charge in [0.15, 0.2) is 6.61 Å². The zero-order valence-corrected chi connectivity index (χ0v) is 18.2. The summed E-state index contributed by atoms with van der Waals surface area (Å²) < 4.78 is 5.62. The maximum absolute atomic E-state index is 12.3. The van der Waals surface area contributed by atoms with Crippen LogP contribution in [0.25, 0.3) is 0 Å². The van der Waals surface area contributed by atoms with E-state index in [2.05, 4.69) is 21.2 Å². The first-order valence-corrected chi connectivity index (χ1v) is 9.96. The molecule has 164 valence electrons. The van der Waals surface area contributed by atoms with Crippen molar-refractivity contribution in [1.29, 1.82) is 0 Å². The van der Waals surface area contributed by atoms with Crippen LogP contribution in [0.5, 0.6) is 5.75 Å². The number of ether oxygens (including phenoxy) is 1. The number of carbonyl (C=O) groups excluding carboxylic acids is 3. The number of nitrogens with zero attached hydrogens (tertiary/aromatic N) is 1. The Hall–Kier alpha value is -3.68. The maximum atomic E-state index is 12.3. The molecule has 0 fully saturated rings. The maximum Gasteiger partial charge on any atom is 0.329 e. The summed E-state index contributed by atoms with van der Waals surface area (Å²) in [5.74, 6) is -1.26. The van der Waals surface area contributed by atoms with Gasteiger partial charge in [0.2, 0.25) is 0 Å². The van der Waals surface area contributed by atoms with Gasteiger partial charge >= 0.3 is 11.8 Å². The van der Waals surface area contributed by atoms with Crippen LogP contribution < -0.4 is 20.8 Å². The fourth-order valence-electron chi connectivity index (χ4n) is 2.51. The molecule has 3 N–H and O–H groups in total. The smallest absolute Gasteiger partial charge is 0.329 e. The van der Waals surface area contributed by atoms with Gasteiger partial charge in [0.05, 0.1) is 6.21 Å². The lowest BCUT2D eigenvalue weighted by Gasteiger charge is -2.11. The van der Waals surface area contributed by atoms with E-state index >= 15 is 0 Å². The third kappa shape index (κ3) is 7.93. The van der Waals surface area contributed by atoms with Crippen molar-refractivity contribution in [2.24, 2.45) is 11.0 Å². The molecule has 0 aromatic heterocycles. The van der Waals surface area contributed by atoms with E-state index in [9.17, 15) is 14.4 Å². The quantitative estimate of drug-likeness (QED) is 0.344. The normalized spacial score (nSPS) is 10.7. The molecule has 0 saturated heterocycles. The second kappa shape index (κ2) is 11.5. The Kier molecular flexibility index (Phi) is 8.75. The van der Waals surface area contributed by atoms with E-state index in [4.69, 9.17) is 4.74 Å². The average Bonchev–Trinajstić information content (AvgIpc) is 2.73. The fourth-order valence-corrected chi connectivity index (χ4v) is 2.51. The predicted molar refractivity (Wildman–Crippen MR) is 120 cm³/mol. The van der Waals surface area contributed by atoms with Gasteiger partial charge in [0, 0.05) is 17.8 Å². The highest BCUT2D eigenvalue weighted by Crippen LogP contribution is 2.18. The first-order chi connectivity index (χ1) is 14.8. The molecule has 0 heterocycles. The molecule has 0 bridgehead atoms. The number of amides is 3. The van der Waals surface area contributed by atoms with E-state index in [1.54, 1.807) is 24.3 Å². The van der Waals surface area contributed by atoms with Crippen molar-refractivity contribution in [3.8, 4) is 5.75 Å². The second-order valence-corrected chi connectivity index (χ2v) is 7.50. The van der Waals surface area contributed by atoms with Crippen molar-refractivity contribution in [3.63, 3.8) is 0 Å². The summed E-state index contributed by atoms with van der Waals surface area (Å²) in [6.45, 7) is 7.93. The van der Waals surface area contributed by atoms with Crippen LogP contribution in [0.1, 0.15) is 30.5 Å². The molecule has 2 aromatic rings. The van der Waals surface area contributed by atoms with Gasteiger partial charge in [-0.05, 0) is 49.1 Å². The molecule has 0 saturated carbocycles. The molecule has 0 aliphatic carbocycles. The van der Waals surface area contributed by atoms with Crippen LogP contribution in [0.4, 0.5) is 5.69 Å². The minimum absolute atomic E-state index is 0.192. The van der Waals surface area contributed by atoms with Crippen molar-refractivity contribution in [2.45, 2.75) is 27.7 Å². The number of hydrazone groups is 1. The number of nitrogens with one attached hydrogen (secondary N) is 3. The summed E-state index contributed by atoms with van der Waals surface area (Å²) >= 11 is 0. The molecule has 2 rings (SSSR count). The van der Waals surface area contributed by atoms with Gasteiger partial charge < -0.3 is 15.4 Å². The number of para-hydroxylation sites is 1. The zero-order valence-electron chi connectivity index (χ0n) is 18.2. The summed E-state index contributed by atoms with van der Waals surface area (Å²) in [5.41, 5.74) is 5.46. The highest BCUT2D eigenvalue weighted by molar-refractivity contribution is 6.35. The first kappa shape index (κ1) is 23.6. The number of carbonyl (C=O) groups is 3. The Morgan fingerprint density at radius 1 is 1.06 bits per heavy atom. The molecule has 0 atom stereocenters. The van der Waals surface area contributed by atoms with Gasteiger partial charge in [-0.2, -0.15) is 5.10 Å². The van der Waals surface area contributed by atoms with Crippen LogP contribution in [-0.2, 0) is 14.4 Å². The largest absolute Gasteiger partial charge is 0.483 e. The molecule has 0 aliphatic rings. The van der Waals surface area contributed by atoms with E-state index in [1.165, 1.54) is 6.21 Å². The molecule has 2 aromatic carbocycles. The predicted octanol–water partition coefficient (Wildman–Crippen LogP) is 2.54. The van der Waals surface area contributed by atoms with Crippen LogP contribution in [0.2, 0.25) is 0 Å². The zero-order chi connectivity index (χ0) is 22.8. The first-order valence-electron chi connectivity index (χ1n) is 9.96. The molecule has 0 aliphatic heterocycles. The lowest BCUT2D eigenvalue weighted by Crippen LogP contribution is -2.39. The summed E-state index contributed by atoms with van der Waals surface area (Å²) in [5, 5.41) is 9.14. The average molecular weight is 425 g/mol. The molecular weight excluding hydrogens is 396 g/mol. The van der Waals surface area contributed by atoms with E-state index in [1.807, 2.05) is 45.9 Å². The third-order valence-corrected chi connectivity index (χ3v) is 4.19. The Morgan fingerprint density at radius 2 is 1.81 bits per heavy atom. The van der Waals surface area contributed by atoms with Crippen LogP contribution >= 0.6 is 0 Å². The Bertz CT molecular complexity index is 970. The number of hydrogen-bond acceptors (Lipinski definition) is 5. The van der Waals surface area contributed by atoms with E-state index in [0.717, 1.165) is 16.8 Å². The summed E-state index contributed by atoms with van der Waals surface area (Å²) in [4.78, 5) is 35.7. The molecule has 0 unspecified atom stereocenters. The standard InChI is InChI=1S/C23H28N4O4/c1-15(2)12-24-22(29)23(30)27-25-13-18-7-5-6-8-20(18)31-14-21(28)26-19-11-16(3)9-10-17(19)4/h5-11,13,15H,12,14H2,1-4H3,(H,24,29)(H,26,28)(H,27,30)/b25-13-. The Balaban J connectivity index is 1.92. The van der Waals surface area contributed by atoms with E-state index < -0.39 is 11.8 Å². The summed E-state index contributed by atoms with van der Waals surface area (Å²) in [6, 6.07) is 12.7. The fraction of sp³-hybridized carbons (Fsp3) is 0.304. The molecule has 31 heavy (non-hydrogen) atoms. The minimum Gasteiger partial charge on any atom is -0.483 e. The monoisotopic (exact) mass is 424 g/mol. The number of hydrogen-bond donors (Lipinski definition) is 3. The van der Waals surface area contributed by atoms with Crippen molar-refractivity contribution >= 4 is 29.6 Å². The van der Waals surface area contributed by atoms with Gasteiger partial charge in [0.1, 0.15) is 5.75 Å². The highest BCUT2D eigenvalue weighted by Gasteiger charge is 2.12. The Morgan fingerprint density at radius 3 is 2.55 bits per heavy atom. The molecular formula is C23H28N4O4. The van der Waals surface area contributed by atoms with E-state index in [-0.39, 0.29) is 18.4 Å². The summed E-state index contributed by atoms with van der Waals surface area (Å²) in [6.07, 6.45) is 1.35. The van der Waals surface area contributed by atoms with Crippen LogP contribution in [0, 0.1) is 19.8 Å². The number of anilines is 1. The molecule has 0 spiro atoms. The number of rotatable bonds is 8. The lowest BCUT2D eigenvalue weighted by atomic mass is 10.1.